The van der Waals surface area contributed by atoms with Crippen molar-refractivity contribution in [3.8, 4) is 0 Å². The second-order valence-electron chi connectivity index (χ2n) is 3.61. The molecule has 0 spiro atoms. The van der Waals surface area contributed by atoms with Gasteiger partial charge in [-0.15, -0.1) is 12.4 Å². The molecule has 1 fully saturated rings. The first-order valence-corrected chi connectivity index (χ1v) is 4.56. The van der Waals surface area contributed by atoms with E-state index < -0.39 is 0 Å². The highest BCUT2D eigenvalue weighted by molar-refractivity contribution is 5.85. The van der Waals surface area contributed by atoms with Gasteiger partial charge in [-0.05, 0) is 25.7 Å². The minimum absolute atomic E-state index is 0. The second-order valence-corrected chi connectivity index (χ2v) is 3.61. The Morgan fingerprint density at radius 3 is 1.91 bits per heavy atom. The Kier molecular flexibility index (Phi) is 5.98. The Hall–Kier alpha value is 0.250. The molecule has 1 aliphatic rings. The first-order valence-electron chi connectivity index (χ1n) is 4.56. The lowest BCUT2D eigenvalue weighted by molar-refractivity contribution is 0.393. The van der Waals surface area contributed by atoms with E-state index in [0.717, 1.165) is 5.92 Å². The van der Waals surface area contributed by atoms with E-state index in [9.17, 15) is 0 Å². The first-order chi connectivity index (χ1) is 4.80. The van der Waals surface area contributed by atoms with Crippen LogP contribution in [0, 0.1) is 5.92 Å². The van der Waals surface area contributed by atoms with Gasteiger partial charge in [-0.1, -0.05) is 25.7 Å². The highest BCUT2D eigenvalue weighted by Gasteiger charge is 2.14. The number of hydrogen-bond donors (Lipinski definition) is 1. The van der Waals surface area contributed by atoms with Crippen molar-refractivity contribution in [1.29, 1.82) is 0 Å². The van der Waals surface area contributed by atoms with E-state index >= 15 is 0 Å². The fourth-order valence-electron chi connectivity index (χ4n) is 1.84. The summed E-state index contributed by atoms with van der Waals surface area (Å²) in [6.45, 7) is 2.15. The lowest BCUT2D eigenvalue weighted by Gasteiger charge is -2.17. The van der Waals surface area contributed by atoms with Crippen LogP contribution in [-0.4, -0.2) is 6.04 Å². The molecule has 68 valence electrons. The lowest BCUT2D eigenvalue weighted by Crippen LogP contribution is -2.25. The molecule has 1 nitrogen and oxygen atoms in total. The maximum Gasteiger partial charge on any atom is 0.00387 e. The number of rotatable bonds is 1. The van der Waals surface area contributed by atoms with E-state index in [0.29, 0.717) is 6.04 Å². The van der Waals surface area contributed by atoms with E-state index in [1.54, 1.807) is 0 Å². The first kappa shape index (κ1) is 11.2. The van der Waals surface area contributed by atoms with Crippen molar-refractivity contribution in [2.45, 2.75) is 51.5 Å². The van der Waals surface area contributed by atoms with Crippen LogP contribution in [0.25, 0.3) is 0 Å². The molecule has 0 aromatic heterocycles. The van der Waals surface area contributed by atoms with Crippen LogP contribution in [0.2, 0.25) is 0 Å². The Balaban J connectivity index is 0.000001000. The van der Waals surface area contributed by atoms with Crippen LogP contribution in [-0.2, 0) is 0 Å². The lowest BCUT2D eigenvalue weighted by atomic mass is 9.94. The molecule has 1 saturated carbocycles. The summed E-state index contributed by atoms with van der Waals surface area (Å²) in [5.74, 6) is 0.822. The van der Waals surface area contributed by atoms with Gasteiger partial charge in [0, 0.05) is 6.04 Å². The van der Waals surface area contributed by atoms with Crippen molar-refractivity contribution in [2.75, 3.05) is 0 Å². The normalized spacial score (nSPS) is 23.5. The van der Waals surface area contributed by atoms with Crippen LogP contribution in [0.15, 0.2) is 0 Å². The number of hydrogen-bond acceptors (Lipinski definition) is 1. The van der Waals surface area contributed by atoms with E-state index in [1.165, 1.54) is 38.5 Å². The van der Waals surface area contributed by atoms with Crippen molar-refractivity contribution in [1.82, 2.24) is 0 Å². The van der Waals surface area contributed by atoms with E-state index in [2.05, 4.69) is 6.92 Å². The average Bonchev–Trinajstić information content (AvgIpc) is 2.12. The number of nitrogens with two attached hydrogens (primary N) is 1. The van der Waals surface area contributed by atoms with Gasteiger partial charge in [0.25, 0.3) is 0 Å². The zero-order valence-electron chi connectivity index (χ0n) is 7.38. The quantitative estimate of drug-likeness (QED) is 0.613. The third kappa shape index (κ3) is 3.97. The molecule has 0 aliphatic heterocycles. The van der Waals surface area contributed by atoms with Gasteiger partial charge in [-0.2, -0.15) is 0 Å². The predicted molar refractivity (Wildman–Crippen MR) is 52.1 cm³/mol. The summed E-state index contributed by atoms with van der Waals surface area (Å²) in [5.41, 5.74) is 5.84. The van der Waals surface area contributed by atoms with Gasteiger partial charge in [0.1, 0.15) is 0 Å². The monoisotopic (exact) mass is 177 g/mol. The van der Waals surface area contributed by atoms with Crippen LogP contribution in [0.3, 0.4) is 0 Å². The molecule has 1 aliphatic carbocycles. The topological polar surface area (TPSA) is 26.0 Å². The van der Waals surface area contributed by atoms with Crippen LogP contribution in [0.1, 0.15) is 45.4 Å². The maximum atomic E-state index is 5.84. The summed E-state index contributed by atoms with van der Waals surface area (Å²) in [7, 11) is 0. The Labute approximate surface area is 76.1 Å². The van der Waals surface area contributed by atoms with Gasteiger partial charge in [-0.25, -0.2) is 0 Å². The molecule has 0 radical (unpaired) electrons. The molecule has 0 heterocycles. The minimum Gasteiger partial charge on any atom is -0.328 e. The molecule has 0 bridgehead atoms. The Bertz CT molecular complexity index is 85.6. The van der Waals surface area contributed by atoms with Crippen molar-refractivity contribution < 1.29 is 0 Å². The van der Waals surface area contributed by atoms with Crippen LogP contribution >= 0.6 is 12.4 Å². The van der Waals surface area contributed by atoms with E-state index in [4.69, 9.17) is 5.73 Å². The van der Waals surface area contributed by atoms with E-state index in [1.807, 2.05) is 0 Å². The van der Waals surface area contributed by atoms with Crippen LogP contribution < -0.4 is 5.73 Å². The summed E-state index contributed by atoms with van der Waals surface area (Å²) < 4.78 is 0. The van der Waals surface area contributed by atoms with Crippen LogP contribution in [0.5, 0.6) is 0 Å². The van der Waals surface area contributed by atoms with Gasteiger partial charge in [0.15, 0.2) is 0 Å². The molecule has 11 heavy (non-hydrogen) atoms. The summed E-state index contributed by atoms with van der Waals surface area (Å²) in [4.78, 5) is 0. The van der Waals surface area contributed by atoms with Gasteiger partial charge in [0.2, 0.25) is 0 Å². The largest absolute Gasteiger partial charge is 0.328 e. The Morgan fingerprint density at radius 1 is 1.09 bits per heavy atom. The molecule has 0 aromatic carbocycles. The summed E-state index contributed by atoms with van der Waals surface area (Å²) in [6, 6.07) is 0.429. The molecule has 0 saturated heterocycles. The zero-order valence-corrected chi connectivity index (χ0v) is 8.20. The predicted octanol–water partition coefficient (Wildman–Crippen LogP) is 2.73. The molecule has 1 atom stereocenters. The average molecular weight is 178 g/mol. The Morgan fingerprint density at radius 2 is 1.55 bits per heavy atom. The van der Waals surface area contributed by atoms with Crippen molar-refractivity contribution >= 4 is 12.4 Å². The molecule has 2 N–H and O–H groups in total. The van der Waals surface area contributed by atoms with Gasteiger partial charge < -0.3 is 5.73 Å². The highest BCUT2D eigenvalue weighted by Crippen LogP contribution is 2.24. The highest BCUT2D eigenvalue weighted by atomic mass is 35.5. The second kappa shape index (κ2) is 5.84. The van der Waals surface area contributed by atoms with Gasteiger partial charge >= 0.3 is 0 Å². The van der Waals surface area contributed by atoms with Crippen molar-refractivity contribution in [2.24, 2.45) is 11.7 Å². The molecule has 0 aromatic rings. The summed E-state index contributed by atoms with van der Waals surface area (Å²) in [5, 5.41) is 0. The fraction of sp³-hybridized carbons (Fsp3) is 1.00. The smallest absolute Gasteiger partial charge is 0.00387 e. The summed E-state index contributed by atoms with van der Waals surface area (Å²) >= 11 is 0. The van der Waals surface area contributed by atoms with Crippen molar-refractivity contribution in [3.63, 3.8) is 0 Å². The van der Waals surface area contributed by atoms with Gasteiger partial charge in [0.05, 0.1) is 0 Å². The van der Waals surface area contributed by atoms with E-state index in [-0.39, 0.29) is 12.4 Å². The van der Waals surface area contributed by atoms with Crippen molar-refractivity contribution in [3.05, 3.63) is 0 Å². The molecule has 1 rings (SSSR count). The molecule has 1 unspecified atom stereocenters. The molecule has 0 amide bonds. The van der Waals surface area contributed by atoms with Gasteiger partial charge in [-0.3, -0.25) is 0 Å². The molecular weight excluding hydrogens is 158 g/mol. The fourth-order valence-corrected chi connectivity index (χ4v) is 1.84. The molecule has 2 heteroatoms. The summed E-state index contributed by atoms with van der Waals surface area (Å²) in [6.07, 6.45) is 8.43. The third-order valence-corrected chi connectivity index (χ3v) is 2.64. The van der Waals surface area contributed by atoms with Crippen LogP contribution in [0.4, 0.5) is 0 Å². The number of halogens is 1. The SMILES string of the molecule is CC(N)C1CCCCCC1.Cl. The third-order valence-electron chi connectivity index (χ3n) is 2.64. The minimum atomic E-state index is 0. The zero-order chi connectivity index (χ0) is 7.40. The molecular formula is C9H20ClN. The maximum absolute atomic E-state index is 5.84. The standard InChI is InChI=1S/C9H19N.ClH/c1-8(10)9-6-4-2-3-5-7-9;/h8-9H,2-7,10H2,1H3;1H.